The van der Waals surface area contributed by atoms with Crippen LogP contribution in [0.4, 0.5) is 0 Å². The van der Waals surface area contributed by atoms with Crippen molar-refractivity contribution in [3.8, 4) is 0 Å². The van der Waals surface area contributed by atoms with E-state index in [0.717, 1.165) is 10.4 Å². The second kappa shape index (κ2) is 3.08. The summed E-state index contributed by atoms with van der Waals surface area (Å²) in [5.41, 5.74) is 1.15. The number of thiocarbonyl (C=S) groups is 1. The van der Waals surface area contributed by atoms with Gasteiger partial charge in [0.15, 0.2) is 0 Å². The number of hydrogen-bond donors (Lipinski definition) is 0. The fraction of sp³-hybridized carbons (Fsp3) is 0.375. The maximum Gasteiger partial charge on any atom is 0.111 e. The normalized spacial score (nSPS) is 24.8. The van der Waals surface area contributed by atoms with Gasteiger partial charge in [-0.2, -0.15) is 0 Å². The van der Waals surface area contributed by atoms with Crippen LogP contribution in [0.5, 0.6) is 0 Å². The van der Waals surface area contributed by atoms with Crippen molar-refractivity contribution in [1.29, 1.82) is 0 Å². The number of methoxy groups -OCH3 is 1. The summed E-state index contributed by atoms with van der Waals surface area (Å²) in [5.74, 6) is 0. The van der Waals surface area contributed by atoms with E-state index in [0.29, 0.717) is 0 Å². The van der Waals surface area contributed by atoms with Crippen LogP contribution in [-0.4, -0.2) is 18.1 Å². The average molecular weight is 153 g/mol. The molecule has 0 amide bonds. The first-order valence-electron chi connectivity index (χ1n) is 3.09. The lowest BCUT2D eigenvalue weighted by molar-refractivity contribution is 0.192. The third-order valence-corrected chi connectivity index (χ3v) is 1.72. The van der Waals surface area contributed by atoms with Gasteiger partial charge in [-0.3, -0.25) is 0 Å². The van der Waals surface area contributed by atoms with E-state index in [-0.39, 0.29) is 6.10 Å². The van der Waals surface area contributed by atoms with Crippen molar-refractivity contribution < 1.29 is 4.74 Å². The van der Waals surface area contributed by atoms with Gasteiger partial charge in [0.2, 0.25) is 0 Å². The lowest BCUT2D eigenvalue weighted by Gasteiger charge is -2.13. The molecular weight excluding hydrogens is 144 g/mol. The maximum absolute atomic E-state index is 5.07. The van der Waals surface area contributed by atoms with Gasteiger partial charge in [0.25, 0.3) is 0 Å². The predicted molar refractivity (Wildman–Crippen MR) is 45.0 cm³/mol. The van der Waals surface area contributed by atoms with Gasteiger partial charge >= 0.3 is 0 Å². The lowest BCUT2D eigenvalue weighted by atomic mass is 10.1. The second-order valence-electron chi connectivity index (χ2n) is 2.22. The highest BCUT2D eigenvalue weighted by atomic mass is 32.1. The molecule has 2 heteroatoms. The Kier molecular flexibility index (Phi) is 2.35. The molecule has 1 aliphatic rings. The molecule has 1 aliphatic carbocycles. The molecule has 0 saturated heterocycles. The molecule has 0 N–H and O–H groups in total. The fourth-order valence-corrected chi connectivity index (χ4v) is 1.03. The molecule has 0 fully saturated rings. The van der Waals surface area contributed by atoms with Gasteiger partial charge in [-0.1, -0.05) is 23.9 Å². The van der Waals surface area contributed by atoms with Gasteiger partial charge in [0.1, 0.15) is 6.10 Å². The zero-order chi connectivity index (χ0) is 7.56. The third-order valence-electron chi connectivity index (χ3n) is 1.37. The molecule has 1 atom stereocenters. The monoisotopic (exact) mass is 153 g/mol. The Balaban J connectivity index is 2.76. The average Bonchev–Trinajstić information content (AvgIpc) is 1.94. The minimum Gasteiger partial charge on any atom is -0.372 e. The van der Waals surface area contributed by atoms with E-state index >= 15 is 0 Å². The van der Waals surface area contributed by atoms with Crippen LogP contribution in [0.3, 0.4) is 0 Å². The molecule has 0 aliphatic heterocycles. The van der Waals surface area contributed by atoms with Crippen molar-refractivity contribution in [2.75, 3.05) is 7.11 Å². The summed E-state index contributed by atoms with van der Waals surface area (Å²) in [6.45, 7) is 2.00. The molecule has 0 saturated carbocycles. The highest BCUT2D eigenvalue weighted by Gasteiger charge is 2.11. The molecule has 0 aromatic carbocycles. The molecular formula is C8H9OS. The number of allylic oxidation sites excluding steroid dienone is 2. The van der Waals surface area contributed by atoms with Crippen LogP contribution in [0.25, 0.3) is 0 Å². The van der Waals surface area contributed by atoms with E-state index in [1.54, 1.807) is 7.11 Å². The van der Waals surface area contributed by atoms with Gasteiger partial charge in [-0.15, -0.1) is 0 Å². The minimum absolute atomic E-state index is 0.0417. The smallest absolute Gasteiger partial charge is 0.111 e. The molecule has 1 unspecified atom stereocenters. The van der Waals surface area contributed by atoms with Crippen LogP contribution in [0, 0.1) is 6.08 Å². The van der Waals surface area contributed by atoms with E-state index in [1.165, 1.54) is 0 Å². The van der Waals surface area contributed by atoms with Crippen molar-refractivity contribution in [3.05, 3.63) is 23.8 Å². The van der Waals surface area contributed by atoms with Crippen molar-refractivity contribution in [2.45, 2.75) is 13.0 Å². The molecule has 53 valence electrons. The van der Waals surface area contributed by atoms with Crippen molar-refractivity contribution in [2.24, 2.45) is 0 Å². The molecule has 10 heavy (non-hydrogen) atoms. The van der Waals surface area contributed by atoms with E-state index in [9.17, 15) is 0 Å². The van der Waals surface area contributed by atoms with E-state index in [2.05, 4.69) is 6.08 Å². The van der Waals surface area contributed by atoms with E-state index in [4.69, 9.17) is 17.0 Å². The molecule has 0 heterocycles. The Bertz CT molecular complexity index is 203. The second-order valence-corrected chi connectivity index (χ2v) is 2.66. The first kappa shape index (κ1) is 7.63. The Hall–Kier alpha value is -0.470. The largest absolute Gasteiger partial charge is 0.372 e. The minimum atomic E-state index is -0.0417. The Labute approximate surface area is 66.4 Å². The standard InChI is InChI=1S/C8H9OS/c1-6-3-4-8(10)7(5-6)9-2/h3,5,7H,1-2H3. The van der Waals surface area contributed by atoms with E-state index < -0.39 is 0 Å². The fourth-order valence-electron chi connectivity index (χ4n) is 0.805. The van der Waals surface area contributed by atoms with Crippen molar-refractivity contribution in [3.63, 3.8) is 0 Å². The van der Waals surface area contributed by atoms with E-state index in [1.807, 2.05) is 19.1 Å². The first-order chi connectivity index (χ1) is 4.74. The van der Waals surface area contributed by atoms with Crippen molar-refractivity contribution in [1.82, 2.24) is 0 Å². The number of rotatable bonds is 1. The molecule has 1 radical (unpaired) electrons. The molecule has 0 aromatic heterocycles. The van der Waals surface area contributed by atoms with Crippen LogP contribution >= 0.6 is 12.2 Å². The Morgan fingerprint density at radius 2 is 2.40 bits per heavy atom. The van der Waals surface area contributed by atoms with Gasteiger partial charge in [-0.05, 0) is 13.0 Å². The summed E-state index contributed by atoms with van der Waals surface area (Å²) in [7, 11) is 1.65. The summed E-state index contributed by atoms with van der Waals surface area (Å²) in [4.78, 5) is 0.730. The lowest BCUT2D eigenvalue weighted by Crippen LogP contribution is -2.19. The van der Waals surface area contributed by atoms with Gasteiger partial charge in [0.05, 0.1) is 4.86 Å². The van der Waals surface area contributed by atoms with Crippen LogP contribution in [-0.2, 0) is 4.74 Å². The zero-order valence-corrected chi connectivity index (χ0v) is 6.87. The first-order valence-corrected chi connectivity index (χ1v) is 3.49. The highest BCUT2D eigenvalue weighted by molar-refractivity contribution is 7.80. The van der Waals surface area contributed by atoms with Crippen LogP contribution in [0.15, 0.2) is 17.7 Å². The Morgan fingerprint density at radius 1 is 1.70 bits per heavy atom. The topological polar surface area (TPSA) is 9.23 Å². The summed E-state index contributed by atoms with van der Waals surface area (Å²) >= 11 is 4.97. The van der Waals surface area contributed by atoms with Crippen LogP contribution < -0.4 is 0 Å². The van der Waals surface area contributed by atoms with Crippen molar-refractivity contribution >= 4 is 17.1 Å². The molecule has 1 nitrogen and oxygen atoms in total. The quantitative estimate of drug-likeness (QED) is 0.530. The summed E-state index contributed by atoms with van der Waals surface area (Å²) in [5, 5.41) is 0. The van der Waals surface area contributed by atoms with Gasteiger partial charge in [-0.25, -0.2) is 0 Å². The highest BCUT2D eigenvalue weighted by Crippen LogP contribution is 2.09. The zero-order valence-electron chi connectivity index (χ0n) is 6.05. The van der Waals surface area contributed by atoms with Crippen LogP contribution in [0.2, 0.25) is 0 Å². The predicted octanol–water partition coefficient (Wildman–Crippen LogP) is 1.69. The SMILES string of the molecule is COC1C=C(C)C=[C]C1=S. The molecule has 1 rings (SSSR count). The number of hydrogen-bond acceptors (Lipinski definition) is 2. The molecule has 0 bridgehead atoms. The maximum atomic E-state index is 5.07. The summed E-state index contributed by atoms with van der Waals surface area (Å²) in [6, 6.07) is 0. The van der Waals surface area contributed by atoms with Gasteiger partial charge in [0, 0.05) is 13.2 Å². The number of ether oxygens (including phenoxy) is 1. The summed E-state index contributed by atoms with van der Waals surface area (Å²) < 4.78 is 5.07. The molecule has 0 spiro atoms. The van der Waals surface area contributed by atoms with Gasteiger partial charge < -0.3 is 4.74 Å². The summed E-state index contributed by atoms with van der Waals surface area (Å²) in [6.07, 6.45) is 6.76. The van der Waals surface area contributed by atoms with Crippen LogP contribution in [0.1, 0.15) is 6.92 Å². The molecule has 0 aromatic rings. The Morgan fingerprint density at radius 3 is 2.90 bits per heavy atom. The third kappa shape index (κ3) is 1.52.